The predicted molar refractivity (Wildman–Crippen MR) is 128 cm³/mol. The summed E-state index contributed by atoms with van der Waals surface area (Å²) in [6.45, 7) is 7.17. The Morgan fingerprint density at radius 1 is 0.906 bits per heavy atom. The molecule has 1 aliphatic carbocycles. The summed E-state index contributed by atoms with van der Waals surface area (Å²) in [6, 6.07) is 21.0. The molecule has 3 aromatic carbocycles. The zero-order valence-corrected chi connectivity index (χ0v) is 18.3. The normalized spacial score (nSPS) is 25.2. The zero-order valence-electron chi connectivity index (χ0n) is 18.3. The van der Waals surface area contributed by atoms with Crippen LogP contribution >= 0.6 is 0 Å². The van der Waals surface area contributed by atoms with E-state index in [2.05, 4.69) is 57.6 Å². The Bertz CT molecular complexity index is 1100. The van der Waals surface area contributed by atoms with Crippen LogP contribution in [0, 0.1) is 23.6 Å². The van der Waals surface area contributed by atoms with Gasteiger partial charge in [0.05, 0.1) is 18.9 Å². The average molecular weight is 432 g/mol. The van der Waals surface area contributed by atoms with E-state index in [0.717, 1.165) is 43.7 Å². The molecule has 5 heteroatoms. The predicted octanol–water partition coefficient (Wildman–Crippen LogP) is 4.61. The van der Waals surface area contributed by atoms with E-state index in [4.69, 9.17) is 4.74 Å². The summed E-state index contributed by atoms with van der Waals surface area (Å²) in [4.78, 5) is 4.66. The van der Waals surface area contributed by atoms with Crippen LogP contribution in [-0.2, 0) is 11.3 Å². The molecule has 0 spiro atoms. The van der Waals surface area contributed by atoms with Crippen molar-refractivity contribution in [3.63, 3.8) is 0 Å². The molecule has 2 aliphatic heterocycles. The molecule has 0 aromatic heterocycles. The molecule has 0 bridgehead atoms. The summed E-state index contributed by atoms with van der Waals surface area (Å²) in [5.41, 5.74) is 2.97. The topological polar surface area (TPSA) is 27.7 Å². The van der Waals surface area contributed by atoms with Gasteiger partial charge in [-0.05, 0) is 58.4 Å². The second kappa shape index (κ2) is 8.38. The van der Waals surface area contributed by atoms with Crippen molar-refractivity contribution in [1.82, 2.24) is 4.90 Å². The molecule has 0 amide bonds. The van der Waals surface area contributed by atoms with Crippen LogP contribution in [0.15, 0.2) is 60.7 Å². The van der Waals surface area contributed by atoms with Gasteiger partial charge in [0.15, 0.2) is 0 Å². The summed E-state index contributed by atoms with van der Waals surface area (Å²) in [5, 5.41) is 6.12. The van der Waals surface area contributed by atoms with Gasteiger partial charge in [-0.25, -0.2) is 4.39 Å². The SMILES string of the molecule is Fc1cc(NCC2C3CN(Cc4ccc5ccccc5c4)CC23)ccc1N1CCOCC1. The van der Waals surface area contributed by atoms with Gasteiger partial charge < -0.3 is 15.0 Å². The minimum Gasteiger partial charge on any atom is -0.385 e. The number of halogens is 1. The average Bonchev–Trinajstić information content (AvgIpc) is 3.28. The maximum atomic E-state index is 14.6. The van der Waals surface area contributed by atoms with Crippen LogP contribution in [0.25, 0.3) is 10.8 Å². The van der Waals surface area contributed by atoms with Crippen LogP contribution in [0.1, 0.15) is 5.56 Å². The zero-order chi connectivity index (χ0) is 21.5. The molecule has 3 fully saturated rings. The van der Waals surface area contributed by atoms with Gasteiger partial charge in [-0.2, -0.15) is 0 Å². The maximum absolute atomic E-state index is 14.6. The lowest BCUT2D eigenvalue weighted by atomic mass is 10.1. The minimum absolute atomic E-state index is 0.144. The highest BCUT2D eigenvalue weighted by molar-refractivity contribution is 5.82. The molecule has 3 aliphatic rings. The van der Waals surface area contributed by atoms with E-state index in [1.807, 2.05) is 12.1 Å². The molecule has 2 saturated heterocycles. The third kappa shape index (κ3) is 3.96. The smallest absolute Gasteiger partial charge is 0.148 e. The van der Waals surface area contributed by atoms with Crippen molar-refractivity contribution < 1.29 is 9.13 Å². The van der Waals surface area contributed by atoms with Gasteiger partial charge in [0.1, 0.15) is 5.82 Å². The first-order chi connectivity index (χ1) is 15.7. The van der Waals surface area contributed by atoms with Gasteiger partial charge >= 0.3 is 0 Å². The van der Waals surface area contributed by atoms with Crippen molar-refractivity contribution in [2.45, 2.75) is 6.54 Å². The Morgan fingerprint density at radius 2 is 1.69 bits per heavy atom. The number of likely N-dealkylation sites (tertiary alicyclic amines) is 1. The molecule has 2 heterocycles. The fraction of sp³-hybridized carbons (Fsp3) is 0.407. The fourth-order valence-corrected chi connectivity index (χ4v) is 5.68. The lowest BCUT2D eigenvalue weighted by Crippen LogP contribution is -2.36. The number of hydrogen-bond donors (Lipinski definition) is 1. The van der Waals surface area contributed by atoms with E-state index in [0.29, 0.717) is 24.8 Å². The fourth-order valence-electron chi connectivity index (χ4n) is 5.68. The van der Waals surface area contributed by atoms with E-state index in [-0.39, 0.29) is 5.82 Å². The van der Waals surface area contributed by atoms with Crippen molar-refractivity contribution >= 4 is 22.1 Å². The summed E-state index contributed by atoms with van der Waals surface area (Å²) < 4.78 is 20.0. The lowest BCUT2D eigenvalue weighted by molar-refractivity contribution is 0.122. The molecule has 6 rings (SSSR count). The van der Waals surface area contributed by atoms with Crippen LogP contribution in [-0.4, -0.2) is 50.8 Å². The van der Waals surface area contributed by atoms with E-state index in [1.54, 1.807) is 6.07 Å². The third-order valence-corrected chi connectivity index (χ3v) is 7.51. The first-order valence-corrected chi connectivity index (χ1v) is 11.8. The number of anilines is 2. The molecule has 2 atom stereocenters. The highest BCUT2D eigenvalue weighted by atomic mass is 19.1. The number of ether oxygens (including phenoxy) is 1. The largest absolute Gasteiger partial charge is 0.385 e. The van der Waals surface area contributed by atoms with Gasteiger partial charge in [-0.15, -0.1) is 0 Å². The van der Waals surface area contributed by atoms with Crippen molar-refractivity contribution in [2.24, 2.45) is 17.8 Å². The standard InChI is InChI=1S/C27H30FN3O/c28-26-14-22(7-8-27(26)31-9-11-32-12-10-31)29-15-23-24-17-30(18-25(23)24)16-19-5-6-20-3-1-2-4-21(20)13-19/h1-8,13-14,23-25,29H,9-12,15-18H2. The molecular weight excluding hydrogens is 401 g/mol. The Kier molecular flexibility index (Phi) is 5.24. The third-order valence-electron chi connectivity index (χ3n) is 7.51. The number of nitrogens with zero attached hydrogens (tertiary/aromatic N) is 2. The summed E-state index contributed by atoms with van der Waals surface area (Å²) >= 11 is 0. The summed E-state index contributed by atoms with van der Waals surface area (Å²) in [7, 11) is 0. The number of benzene rings is 3. The van der Waals surface area contributed by atoms with Crippen molar-refractivity contribution in [2.75, 3.05) is 56.2 Å². The molecule has 1 N–H and O–H groups in total. The molecule has 2 unspecified atom stereocenters. The second-order valence-electron chi connectivity index (χ2n) is 9.51. The van der Waals surface area contributed by atoms with Gasteiger partial charge in [-0.3, -0.25) is 4.90 Å². The van der Waals surface area contributed by atoms with Crippen molar-refractivity contribution in [3.05, 3.63) is 72.0 Å². The number of nitrogens with one attached hydrogen (secondary N) is 1. The highest BCUT2D eigenvalue weighted by Gasteiger charge is 2.54. The first kappa shape index (κ1) is 20.0. The number of morpholine rings is 1. The number of hydrogen-bond acceptors (Lipinski definition) is 4. The van der Waals surface area contributed by atoms with Crippen LogP contribution in [0.3, 0.4) is 0 Å². The van der Waals surface area contributed by atoms with Gasteiger partial charge in [0, 0.05) is 45.0 Å². The quantitative estimate of drug-likeness (QED) is 0.617. The van der Waals surface area contributed by atoms with Crippen molar-refractivity contribution in [1.29, 1.82) is 0 Å². The van der Waals surface area contributed by atoms with E-state index >= 15 is 0 Å². The van der Waals surface area contributed by atoms with E-state index in [1.165, 1.54) is 29.4 Å². The maximum Gasteiger partial charge on any atom is 0.148 e. The van der Waals surface area contributed by atoms with Crippen LogP contribution in [0.4, 0.5) is 15.8 Å². The Balaban J connectivity index is 1.00. The number of rotatable bonds is 6. The van der Waals surface area contributed by atoms with E-state index < -0.39 is 0 Å². The monoisotopic (exact) mass is 431 g/mol. The minimum atomic E-state index is -0.144. The molecule has 4 nitrogen and oxygen atoms in total. The lowest BCUT2D eigenvalue weighted by Gasteiger charge is -2.29. The van der Waals surface area contributed by atoms with E-state index in [9.17, 15) is 4.39 Å². The second-order valence-corrected chi connectivity index (χ2v) is 9.51. The number of fused-ring (bicyclic) bond motifs is 2. The first-order valence-electron chi connectivity index (χ1n) is 11.8. The van der Waals surface area contributed by atoms with Crippen LogP contribution in [0.2, 0.25) is 0 Å². The molecule has 3 aromatic rings. The molecular formula is C27H30FN3O. The molecule has 166 valence electrons. The molecule has 1 saturated carbocycles. The van der Waals surface area contributed by atoms with Crippen LogP contribution in [0.5, 0.6) is 0 Å². The summed E-state index contributed by atoms with van der Waals surface area (Å²) in [5.74, 6) is 2.13. The van der Waals surface area contributed by atoms with Gasteiger partial charge in [-0.1, -0.05) is 36.4 Å². The molecule has 0 radical (unpaired) electrons. The Labute approximate surface area is 189 Å². The highest BCUT2D eigenvalue weighted by Crippen LogP contribution is 2.51. The summed E-state index contributed by atoms with van der Waals surface area (Å²) in [6.07, 6.45) is 0. The number of piperidine rings is 1. The Morgan fingerprint density at radius 3 is 2.47 bits per heavy atom. The van der Waals surface area contributed by atoms with Gasteiger partial charge in [0.25, 0.3) is 0 Å². The molecule has 32 heavy (non-hydrogen) atoms. The van der Waals surface area contributed by atoms with Crippen LogP contribution < -0.4 is 10.2 Å². The Hall–Kier alpha value is -2.63. The van der Waals surface area contributed by atoms with Crippen molar-refractivity contribution in [3.8, 4) is 0 Å². The van der Waals surface area contributed by atoms with Gasteiger partial charge in [0.2, 0.25) is 0 Å².